The Kier molecular flexibility index (Phi) is 8.28. The quantitative estimate of drug-likeness (QED) is 0.373. The molecule has 2 aromatic rings. The molecule has 27 heavy (non-hydrogen) atoms. The van der Waals surface area contributed by atoms with Crippen LogP contribution < -0.4 is 14.9 Å². The zero-order valence-electron chi connectivity index (χ0n) is 15.2. The number of methoxy groups -OCH3 is 2. The van der Waals surface area contributed by atoms with Gasteiger partial charge in [0.2, 0.25) is 5.91 Å². The molecule has 1 N–H and O–H groups in total. The second kappa shape index (κ2) is 10.4. The van der Waals surface area contributed by atoms with Crippen LogP contribution in [0.2, 0.25) is 10.0 Å². The van der Waals surface area contributed by atoms with E-state index in [2.05, 4.69) is 17.5 Å². The highest BCUT2D eigenvalue weighted by Crippen LogP contribution is 2.36. The molecular formula is C19H20Cl2N2O3S. The number of thioether (sulfide) groups is 1. The van der Waals surface area contributed by atoms with Gasteiger partial charge < -0.3 is 9.47 Å². The van der Waals surface area contributed by atoms with E-state index in [4.69, 9.17) is 32.7 Å². The first kappa shape index (κ1) is 21.4. The van der Waals surface area contributed by atoms with Gasteiger partial charge >= 0.3 is 0 Å². The van der Waals surface area contributed by atoms with Crippen molar-refractivity contribution in [1.29, 1.82) is 0 Å². The van der Waals surface area contributed by atoms with Crippen molar-refractivity contribution in [3.05, 3.63) is 51.5 Å². The largest absolute Gasteiger partial charge is 0.493 e. The van der Waals surface area contributed by atoms with Crippen LogP contribution in [0.3, 0.4) is 0 Å². The standard InChI is InChI=1S/C19H20Cl2N2O3S/c1-4-27-16-8-6-14(20)9-13(16)10-17(24)23-22-11-12-5-7-15(25-2)19(26-3)18(12)21/h5-9,11H,4,10H2,1-3H3,(H,23,24)/b22-11-. The summed E-state index contributed by atoms with van der Waals surface area (Å²) in [6.45, 7) is 2.06. The number of hydrogen-bond donors (Lipinski definition) is 1. The van der Waals surface area contributed by atoms with Gasteiger partial charge in [-0.3, -0.25) is 4.79 Å². The minimum Gasteiger partial charge on any atom is -0.493 e. The first-order chi connectivity index (χ1) is 13.0. The zero-order valence-corrected chi connectivity index (χ0v) is 17.5. The number of rotatable bonds is 8. The summed E-state index contributed by atoms with van der Waals surface area (Å²) >= 11 is 14.0. The highest BCUT2D eigenvalue weighted by molar-refractivity contribution is 7.99. The van der Waals surface area contributed by atoms with E-state index in [-0.39, 0.29) is 12.3 Å². The second-order valence-electron chi connectivity index (χ2n) is 5.36. The summed E-state index contributed by atoms with van der Waals surface area (Å²) in [6.07, 6.45) is 1.64. The third kappa shape index (κ3) is 5.79. The monoisotopic (exact) mass is 426 g/mol. The van der Waals surface area contributed by atoms with Crippen LogP contribution in [-0.2, 0) is 11.2 Å². The lowest BCUT2D eigenvalue weighted by Crippen LogP contribution is -2.20. The number of amides is 1. The molecule has 0 saturated heterocycles. The summed E-state index contributed by atoms with van der Waals surface area (Å²) in [5.41, 5.74) is 3.97. The highest BCUT2D eigenvalue weighted by atomic mass is 35.5. The van der Waals surface area contributed by atoms with Gasteiger partial charge in [-0.25, -0.2) is 5.43 Å². The fourth-order valence-corrected chi connectivity index (χ4v) is 3.64. The normalized spacial score (nSPS) is 10.9. The van der Waals surface area contributed by atoms with Crippen LogP contribution in [0.15, 0.2) is 40.3 Å². The van der Waals surface area contributed by atoms with Gasteiger partial charge in [0.05, 0.1) is 31.9 Å². The first-order valence-electron chi connectivity index (χ1n) is 8.13. The van der Waals surface area contributed by atoms with Gasteiger partial charge in [0.1, 0.15) is 0 Å². The molecule has 0 radical (unpaired) electrons. The van der Waals surface area contributed by atoms with E-state index in [1.165, 1.54) is 20.4 Å². The zero-order chi connectivity index (χ0) is 19.8. The lowest BCUT2D eigenvalue weighted by Gasteiger charge is -2.10. The SMILES string of the molecule is CCSc1ccc(Cl)cc1CC(=O)N/N=C\c1ccc(OC)c(OC)c1Cl. The van der Waals surface area contributed by atoms with Crippen molar-refractivity contribution in [3.63, 3.8) is 0 Å². The van der Waals surface area contributed by atoms with E-state index in [0.717, 1.165) is 16.2 Å². The lowest BCUT2D eigenvalue weighted by atomic mass is 10.1. The number of nitrogens with zero attached hydrogens (tertiary/aromatic N) is 1. The Morgan fingerprint density at radius 1 is 1.22 bits per heavy atom. The Bertz CT molecular complexity index is 844. The third-order valence-electron chi connectivity index (χ3n) is 3.58. The lowest BCUT2D eigenvalue weighted by molar-refractivity contribution is -0.120. The Hall–Kier alpha value is -1.89. The van der Waals surface area contributed by atoms with Crippen LogP contribution in [0.1, 0.15) is 18.1 Å². The average molecular weight is 427 g/mol. The van der Waals surface area contributed by atoms with E-state index in [1.54, 1.807) is 30.0 Å². The van der Waals surface area contributed by atoms with Crippen molar-refractivity contribution in [3.8, 4) is 11.5 Å². The van der Waals surface area contributed by atoms with Crippen molar-refractivity contribution >= 4 is 47.1 Å². The molecule has 2 aromatic carbocycles. The van der Waals surface area contributed by atoms with E-state index < -0.39 is 0 Å². The molecule has 0 aliphatic heterocycles. The van der Waals surface area contributed by atoms with E-state index in [0.29, 0.717) is 27.1 Å². The topological polar surface area (TPSA) is 59.9 Å². The fraction of sp³-hybridized carbons (Fsp3) is 0.263. The molecule has 0 saturated carbocycles. The van der Waals surface area contributed by atoms with Crippen molar-refractivity contribution in [2.45, 2.75) is 18.2 Å². The van der Waals surface area contributed by atoms with Crippen molar-refractivity contribution in [2.24, 2.45) is 5.10 Å². The van der Waals surface area contributed by atoms with Crippen LogP contribution in [0.25, 0.3) is 0 Å². The fourth-order valence-electron chi connectivity index (χ4n) is 2.37. The predicted molar refractivity (Wildman–Crippen MR) is 112 cm³/mol. The number of ether oxygens (including phenoxy) is 2. The summed E-state index contributed by atoms with van der Waals surface area (Å²) in [7, 11) is 3.03. The average Bonchev–Trinajstić information content (AvgIpc) is 2.65. The van der Waals surface area contributed by atoms with E-state index in [1.807, 2.05) is 12.1 Å². The molecule has 0 fully saturated rings. The Morgan fingerprint density at radius 2 is 2.00 bits per heavy atom. The van der Waals surface area contributed by atoms with E-state index >= 15 is 0 Å². The summed E-state index contributed by atoms with van der Waals surface area (Å²) in [5.74, 6) is 1.59. The summed E-state index contributed by atoms with van der Waals surface area (Å²) < 4.78 is 10.4. The van der Waals surface area contributed by atoms with Crippen LogP contribution in [0.4, 0.5) is 0 Å². The summed E-state index contributed by atoms with van der Waals surface area (Å²) in [6, 6.07) is 8.98. The Labute approximate surface area is 173 Å². The van der Waals surface area contributed by atoms with Gasteiger partial charge in [0.25, 0.3) is 0 Å². The van der Waals surface area contributed by atoms with Gasteiger partial charge in [-0.05, 0) is 41.6 Å². The molecule has 144 valence electrons. The van der Waals surface area contributed by atoms with Crippen LogP contribution in [0.5, 0.6) is 11.5 Å². The minimum atomic E-state index is -0.247. The number of carbonyl (C=O) groups is 1. The third-order valence-corrected chi connectivity index (χ3v) is 5.20. The molecule has 1 amide bonds. The molecule has 2 rings (SSSR count). The van der Waals surface area contributed by atoms with Gasteiger partial charge in [-0.2, -0.15) is 5.10 Å². The molecule has 0 spiro atoms. The van der Waals surface area contributed by atoms with Gasteiger partial charge in [0.15, 0.2) is 11.5 Å². The molecule has 5 nitrogen and oxygen atoms in total. The number of halogens is 2. The number of hydrazone groups is 1. The molecule has 0 heterocycles. The van der Waals surface area contributed by atoms with Crippen molar-refractivity contribution in [2.75, 3.05) is 20.0 Å². The molecule has 0 aliphatic rings. The maximum Gasteiger partial charge on any atom is 0.244 e. The first-order valence-corrected chi connectivity index (χ1v) is 9.87. The predicted octanol–water partition coefficient (Wildman–Crippen LogP) is 4.82. The highest BCUT2D eigenvalue weighted by Gasteiger charge is 2.12. The summed E-state index contributed by atoms with van der Waals surface area (Å²) in [4.78, 5) is 13.3. The molecule has 0 aromatic heterocycles. The summed E-state index contributed by atoms with van der Waals surface area (Å²) in [5, 5.41) is 4.93. The molecule has 0 unspecified atom stereocenters. The maximum absolute atomic E-state index is 12.2. The molecule has 0 bridgehead atoms. The number of nitrogens with one attached hydrogen (secondary N) is 1. The maximum atomic E-state index is 12.2. The molecule has 0 atom stereocenters. The number of benzene rings is 2. The Balaban J connectivity index is 2.07. The molecular weight excluding hydrogens is 407 g/mol. The van der Waals surface area contributed by atoms with Gasteiger partial charge in [0, 0.05) is 15.5 Å². The minimum absolute atomic E-state index is 0.180. The number of hydrogen-bond acceptors (Lipinski definition) is 5. The van der Waals surface area contributed by atoms with Gasteiger partial charge in [-0.15, -0.1) is 11.8 Å². The molecule has 8 heteroatoms. The van der Waals surface area contributed by atoms with Crippen molar-refractivity contribution in [1.82, 2.24) is 5.43 Å². The van der Waals surface area contributed by atoms with Gasteiger partial charge in [-0.1, -0.05) is 30.1 Å². The van der Waals surface area contributed by atoms with E-state index in [9.17, 15) is 4.79 Å². The van der Waals surface area contributed by atoms with Crippen LogP contribution >= 0.6 is 35.0 Å². The number of carbonyl (C=O) groups excluding carboxylic acids is 1. The van der Waals surface area contributed by atoms with Crippen LogP contribution in [0, 0.1) is 0 Å². The Morgan fingerprint density at radius 3 is 2.67 bits per heavy atom. The van der Waals surface area contributed by atoms with Crippen LogP contribution in [-0.4, -0.2) is 32.1 Å². The molecule has 0 aliphatic carbocycles. The second-order valence-corrected chi connectivity index (χ2v) is 7.48. The van der Waals surface area contributed by atoms with Crippen molar-refractivity contribution < 1.29 is 14.3 Å². The smallest absolute Gasteiger partial charge is 0.244 e.